The molecule has 0 saturated carbocycles. The van der Waals surface area contributed by atoms with Crippen LogP contribution in [0.4, 0.5) is 10.1 Å². The Morgan fingerprint density at radius 1 is 1.00 bits per heavy atom. The first-order valence-electron chi connectivity index (χ1n) is 8.60. The lowest BCUT2D eigenvalue weighted by atomic mass is 10.0. The summed E-state index contributed by atoms with van der Waals surface area (Å²) in [5.41, 5.74) is 6.82. The van der Waals surface area contributed by atoms with Gasteiger partial charge in [0.25, 0.3) is 0 Å². The first-order chi connectivity index (χ1) is 13.6. The number of furan rings is 1. The third-order valence-electron chi connectivity index (χ3n) is 4.33. The predicted molar refractivity (Wildman–Crippen MR) is 111 cm³/mol. The molecule has 0 atom stereocenters. The molecule has 4 aromatic rings. The van der Waals surface area contributed by atoms with Gasteiger partial charge >= 0.3 is 0 Å². The summed E-state index contributed by atoms with van der Waals surface area (Å²) in [6.45, 7) is 0. The molecule has 3 N–H and O–H groups in total. The number of rotatable bonds is 3. The van der Waals surface area contributed by atoms with E-state index in [0.717, 1.165) is 27.3 Å². The zero-order valence-electron chi connectivity index (χ0n) is 14.7. The molecule has 140 valence electrons. The lowest BCUT2D eigenvalue weighted by molar-refractivity contribution is -0.120. The number of carbonyl (C=O) groups is 1. The molecule has 0 spiro atoms. The first-order valence-corrected chi connectivity index (χ1v) is 9.01. The third-order valence-corrected chi connectivity index (χ3v) is 4.53. The predicted octanol–water partition coefficient (Wildman–Crippen LogP) is 4.29. The van der Waals surface area contributed by atoms with Crippen molar-refractivity contribution in [3.63, 3.8) is 0 Å². The molecule has 0 saturated heterocycles. The lowest BCUT2D eigenvalue weighted by Crippen LogP contribution is -2.44. The third kappa shape index (κ3) is 3.65. The lowest BCUT2D eigenvalue weighted by Gasteiger charge is -2.12. The fourth-order valence-corrected chi connectivity index (χ4v) is 3.23. The SMILES string of the molecule is O=C(Cc1coc2ccc3ccccc3c12)NNC(=S)Nc1ccccc1F. The van der Waals surface area contributed by atoms with Crippen molar-refractivity contribution in [1.82, 2.24) is 10.9 Å². The Hall–Kier alpha value is -3.45. The summed E-state index contributed by atoms with van der Waals surface area (Å²) in [6.07, 6.45) is 1.70. The number of hydrogen-bond donors (Lipinski definition) is 3. The number of anilines is 1. The van der Waals surface area contributed by atoms with Crippen LogP contribution in [0.1, 0.15) is 5.56 Å². The highest BCUT2D eigenvalue weighted by molar-refractivity contribution is 7.80. The highest BCUT2D eigenvalue weighted by atomic mass is 32.1. The summed E-state index contributed by atoms with van der Waals surface area (Å²) in [6, 6.07) is 17.9. The number of hydrazine groups is 1. The maximum atomic E-state index is 13.6. The Morgan fingerprint density at radius 3 is 2.64 bits per heavy atom. The molecule has 7 heteroatoms. The average Bonchev–Trinajstić information content (AvgIpc) is 3.11. The molecular weight excluding hydrogens is 377 g/mol. The van der Waals surface area contributed by atoms with E-state index in [4.69, 9.17) is 16.6 Å². The number of para-hydroxylation sites is 1. The number of halogens is 1. The van der Waals surface area contributed by atoms with Gasteiger partial charge in [0.05, 0.1) is 18.4 Å². The van der Waals surface area contributed by atoms with Crippen LogP contribution >= 0.6 is 12.2 Å². The number of nitrogens with one attached hydrogen (secondary N) is 3. The molecule has 3 aromatic carbocycles. The van der Waals surface area contributed by atoms with Crippen molar-refractivity contribution < 1.29 is 13.6 Å². The molecule has 0 radical (unpaired) electrons. The fraction of sp³-hybridized carbons (Fsp3) is 0.0476. The minimum Gasteiger partial charge on any atom is -0.464 e. The van der Waals surface area contributed by atoms with Crippen molar-refractivity contribution in [3.8, 4) is 0 Å². The fourth-order valence-electron chi connectivity index (χ4n) is 3.06. The van der Waals surface area contributed by atoms with Crippen molar-refractivity contribution >= 4 is 50.7 Å². The van der Waals surface area contributed by atoms with E-state index in [1.54, 1.807) is 24.5 Å². The van der Waals surface area contributed by atoms with E-state index < -0.39 is 5.82 Å². The van der Waals surface area contributed by atoms with Gasteiger partial charge in [0.2, 0.25) is 5.91 Å². The van der Waals surface area contributed by atoms with Gasteiger partial charge in [-0.3, -0.25) is 15.6 Å². The summed E-state index contributed by atoms with van der Waals surface area (Å²) in [5.74, 6) is -0.733. The number of carbonyl (C=O) groups excluding carboxylic acids is 1. The van der Waals surface area contributed by atoms with E-state index in [1.165, 1.54) is 6.07 Å². The van der Waals surface area contributed by atoms with Crippen molar-refractivity contribution in [2.75, 3.05) is 5.32 Å². The van der Waals surface area contributed by atoms with Crippen molar-refractivity contribution in [2.45, 2.75) is 6.42 Å². The molecule has 4 rings (SSSR count). The van der Waals surface area contributed by atoms with Crippen molar-refractivity contribution in [1.29, 1.82) is 0 Å². The van der Waals surface area contributed by atoms with E-state index >= 15 is 0 Å². The molecule has 0 aliphatic heterocycles. The van der Waals surface area contributed by atoms with Gasteiger partial charge in [0.15, 0.2) is 5.11 Å². The van der Waals surface area contributed by atoms with E-state index in [-0.39, 0.29) is 23.1 Å². The first kappa shape index (κ1) is 17.9. The smallest absolute Gasteiger partial charge is 0.242 e. The second-order valence-electron chi connectivity index (χ2n) is 6.20. The second-order valence-corrected chi connectivity index (χ2v) is 6.61. The number of benzene rings is 3. The van der Waals surface area contributed by atoms with Crippen LogP contribution in [-0.2, 0) is 11.2 Å². The number of thiocarbonyl (C=S) groups is 1. The Labute approximate surface area is 165 Å². The average molecular weight is 393 g/mol. The molecule has 5 nitrogen and oxygen atoms in total. The summed E-state index contributed by atoms with van der Waals surface area (Å²) >= 11 is 5.08. The largest absolute Gasteiger partial charge is 0.464 e. The van der Waals surface area contributed by atoms with Crippen LogP contribution in [-0.4, -0.2) is 11.0 Å². The Kier molecular flexibility index (Phi) is 4.90. The molecule has 0 bridgehead atoms. The monoisotopic (exact) mass is 393 g/mol. The molecule has 0 fully saturated rings. The molecule has 1 aromatic heterocycles. The number of fused-ring (bicyclic) bond motifs is 3. The van der Waals surface area contributed by atoms with Crippen LogP contribution in [0.15, 0.2) is 71.3 Å². The van der Waals surface area contributed by atoms with Gasteiger partial charge in [-0.1, -0.05) is 42.5 Å². The van der Waals surface area contributed by atoms with Crippen LogP contribution in [0, 0.1) is 5.82 Å². The maximum Gasteiger partial charge on any atom is 0.242 e. The summed E-state index contributed by atoms with van der Waals surface area (Å²) < 4.78 is 19.2. The molecular formula is C21H16FN3O2S. The number of amides is 1. The minimum atomic E-state index is -0.435. The topological polar surface area (TPSA) is 66.3 Å². The highest BCUT2D eigenvalue weighted by Gasteiger charge is 2.13. The van der Waals surface area contributed by atoms with Crippen molar-refractivity contribution in [2.24, 2.45) is 0 Å². The zero-order chi connectivity index (χ0) is 19.5. The summed E-state index contributed by atoms with van der Waals surface area (Å²) in [7, 11) is 0. The van der Waals surface area contributed by atoms with Gasteiger partial charge in [-0.05, 0) is 41.2 Å². The zero-order valence-corrected chi connectivity index (χ0v) is 15.5. The van der Waals surface area contributed by atoms with Crippen molar-refractivity contribution in [3.05, 3.63) is 78.3 Å². The van der Waals surface area contributed by atoms with E-state index in [2.05, 4.69) is 16.2 Å². The van der Waals surface area contributed by atoms with Gasteiger partial charge in [-0.25, -0.2) is 4.39 Å². The van der Waals surface area contributed by atoms with E-state index in [0.29, 0.717) is 0 Å². The van der Waals surface area contributed by atoms with Crippen LogP contribution in [0.5, 0.6) is 0 Å². The maximum absolute atomic E-state index is 13.6. The Morgan fingerprint density at radius 2 is 1.79 bits per heavy atom. The Balaban J connectivity index is 1.44. The molecule has 0 aliphatic rings. The molecule has 1 amide bonds. The standard InChI is InChI=1S/C21H16FN3O2S/c22-16-7-3-4-8-17(16)23-21(28)25-24-19(26)11-14-12-27-18-10-9-13-5-1-2-6-15(13)20(14)18/h1-10,12H,11H2,(H,24,26)(H2,23,25,28). The van der Waals surface area contributed by atoms with E-state index in [9.17, 15) is 9.18 Å². The van der Waals surface area contributed by atoms with Crippen LogP contribution in [0.25, 0.3) is 21.7 Å². The van der Waals surface area contributed by atoms with Gasteiger partial charge in [0, 0.05) is 10.9 Å². The molecule has 0 aliphatic carbocycles. The van der Waals surface area contributed by atoms with Gasteiger partial charge in [-0.15, -0.1) is 0 Å². The highest BCUT2D eigenvalue weighted by Crippen LogP contribution is 2.30. The molecule has 28 heavy (non-hydrogen) atoms. The van der Waals surface area contributed by atoms with Gasteiger partial charge < -0.3 is 9.73 Å². The molecule has 0 unspecified atom stereocenters. The minimum absolute atomic E-state index is 0.0842. The van der Waals surface area contributed by atoms with Crippen LogP contribution < -0.4 is 16.2 Å². The normalized spacial score (nSPS) is 10.8. The second kappa shape index (κ2) is 7.66. The Bertz CT molecular complexity index is 1190. The van der Waals surface area contributed by atoms with Gasteiger partial charge in [-0.2, -0.15) is 0 Å². The van der Waals surface area contributed by atoms with Crippen LogP contribution in [0.2, 0.25) is 0 Å². The summed E-state index contributed by atoms with van der Waals surface area (Å²) in [5, 5.41) is 5.80. The van der Waals surface area contributed by atoms with Gasteiger partial charge in [0.1, 0.15) is 11.4 Å². The quantitative estimate of drug-likeness (QED) is 0.358. The number of hydrogen-bond acceptors (Lipinski definition) is 3. The van der Waals surface area contributed by atoms with Crippen LogP contribution in [0.3, 0.4) is 0 Å². The van der Waals surface area contributed by atoms with E-state index in [1.807, 2.05) is 36.4 Å². The molecule has 1 heterocycles. The summed E-state index contributed by atoms with van der Waals surface area (Å²) in [4.78, 5) is 12.3.